The molecule has 1 aliphatic rings. The maximum atomic E-state index is 5.50. The van der Waals surface area contributed by atoms with Gasteiger partial charge < -0.3 is 24.2 Å². The van der Waals surface area contributed by atoms with Crippen LogP contribution in [0, 0.1) is 0 Å². The van der Waals surface area contributed by atoms with Crippen LogP contribution in [-0.4, -0.2) is 73.5 Å². The van der Waals surface area contributed by atoms with E-state index in [1.54, 1.807) is 26.6 Å². The number of nitrogens with one attached hydrogen (secondary N) is 1. The first-order chi connectivity index (χ1) is 15.3. The summed E-state index contributed by atoms with van der Waals surface area (Å²) in [6.45, 7) is 6.37. The van der Waals surface area contributed by atoms with Crippen LogP contribution >= 0.6 is 0 Å². The Morgan fingerprint density at radius 2 is 1.84 bits per heavy atom. The molecule has 9 heteroatoms. The van der Waals surface area contributed by atoms with Crippen LogP contribution in [0.2, 0.25) is 0 Å². The molecule has 1 N–H and O–H groups in total. The summed E-state index contributed by atoms with van der Waals surface area (Å²) in [5.74, 6) is 2.92. The van der Waals surface area contributed by atoms with Gasteiger partial charge in [0.2, 0.25) is 5.95 Å². The molecule has 9 nitrogen and oxygen atoms in total. The fourth-order valence-corrected chi connectivity index (χ4v) is 3.69. The molecule has 2 aromatic heterocycles. The monoisotopic (exact) mass is 424 g/mol. The van der Waals surface area contributed by atoms with E-state index in [0.717, 1.165) is 62.2 Å². The first kappa shape index (κ1) is 21.1. The summed E-state index contributed by atoms with van der Waals surface area (Å²) >= 11 is 0. The molecular formula is C22H28N6O3. The molecule has 0 bridgehead atoms. The van der Waals surface area contributed by atoms with Crippen molar-refractivity contribution in [1.29, 1.82) is 0 Å². The van der Waals surface area contributed by atoms with Crippen molar-refractivity contribution in [3.8, 4) is 22.8 Å². The number of para-hydroxylation sites is 1. The Hall–Kier alpha value is -3.17. The number of methoxy groups -OCH3 is 2. The van der Waals surface area contributed by atoms with E-state index in [4.69, 9.17) is 14.0 Å². The van der Waals surface area contributed by atoms with Crippen LogP contribution in [0.3, 0.4) is 0 Å². The van der Waals surface area contributed by atoms with Gasteiger partial charge in [-0.15, -0.1) is 0 Å². The van der Waals surface area contributed by atoms with Crippen LogP contribution in [0.15, 0.2) is 47.2 Å². The van der Waals surface area contributed by atoms with E-state index < -0.39 is 0 Å². The lowest BCUT2D eigenvalue weighted by Gasteiger charge is -2.34. The lowest BCUT2D eigenvalue weighted by molar-refractivity contribution is 0.254. The Morgan fingerprint density at radius 1 is 1.03 bits per heavy atom. The van der Waals surface area contributed by atoms with Crippen LogP contribution in [-0.2, 0) is 6.54 Å². The second-order valence-electron chi connectivity index (χ2n) is 7.27. The topological polar surface area (TPSA) is 88.8 Å². The molecule has 0 radical (unpaired) electrons. The highest BCUT2D eigenvalue weighted by Crippen LogP contribution is 2.37. The third-order valence-corrected chi connectivity index (χ3v) is 5.35. The van der Waals surface area contributed by atoms with Crippen LogP contribution in [0.4, 0.5) is 5.95 Å². The summed E-state index contributed by atoms with van der Waals surface area (Å²) in [7, 11) is 3.24. The van der Waals surface area contributed by atoms with Crippen molar-refractivity contribution in [1.82, 2.24) is 25.3 Å². The maximum Gasteiger partial charge on any atom is 0.225 e. The second-order valence-corrected chi connectivity index (χ2v) is 7.27. The summed E-state index contributed by atoms with van der Waals surface area (Å²) in [6.07, 6.45) is 3.58. The average Bonchev–Trinajstić information content (AvgIpc) is 3.31. The number of anilines is 1. The number of hydrogen-bond acceptors (Lipinski definition) is 9. The molecule has 31 heavy (non-hydrogen) atoms. The van der Waals surface area contributed by atoms with E-state index in [2.05, 4.69) is 30.2 Å². The van der Waals surface area contributed by atoms with E-state index >= 15 is 0 Å². The van der Waals surface area contributed by atoms with Crippen LogP contribution in [0.25, 0.3) is 11.3 Å². The van der Waals surface area contributed by atoms with E-state index in [1.807, 2.05) is 30.3 Å². The predicted molar refractivity (Wildman–Crippen MR) is 117 cm³/mol. The first-order valence-electron chi connectivity index (χ1n) is 10.4. The molecule has 0 amide bonds. The number of aromatic nitrogens is 3. The van der Waals surface area contributed by atoms with Gasteiger partial charge in [-0.3, -0.25) is 4.90 Å². The van der Waals surface area contributed by atoms with Gasteiger partial charge in [-0.1, -0.05) is 11.2 Å². The van der Waals surface area contributed by atoms with Crippen molar-refractivity contribution in [3.05, 3.63) is 48.5 Å². The third kappa shape index (κ3) is 5.12. The summed E-state index contributed by atoms with van der Waals surface area (Å²) < 4.78 is 16.4. The zero-order chi connectivity index (χ0) is 21.5. The highest BCUT2D eigenvalue weighted by Gasteiger charge is 2.18. The molecule has 0 unspecified atom stereocenters. The van der Waals surface area contributed by atoms with Gasteiger partial charge >= 0.3 is 0 Å². The van der Waals surface area contributed by atoms with Gasteiger partial charge in [0.25, 0.3) is 0 Å². The number of rotatable bonds is 9. The van der Waals surface area contributed by atoms with Gasteiger partial charge in [-0.05, 0) is 18.2 Å². The van der Waals surface area contributed by atoms with Crippen molar-refractivity contribution in [2.24, 2.45) is 0 Å². The van der Waals surface area contributed by atoms with Gasteiger partial charge in [0, 0.05) is 63.3 Å². The first-order valence-corrected chi connectivity index (χ1v) is 10.4. The Kier molecular flexibility index (Phi) is 6.96. The largest absolute Gasteiger partial charge is 0.493 e. The van der Waals surface area contributed by atoms with E-state index in [9.17, 15) is 0 Å². The highest BCUT2D eigenvalue weighted by atomic mass is 16.5. The number of benzene rings is 1. The molecule has 0 aliphatic carbocycles. The van der Waals surface area contributed by atoms with E-state index in [0.29, 0.717) is 18.0 Å². The van der Waals surface area contributed by atoms with Crippen molar-refractivity contribution < 1.29 is 14.0 Å². The third-order valence-electron chi connectivity index (χ3n) is 5.35. The molecule has 4 rings (SSSR count). The Bertz CT molecular complexity index is 957. The number of hydrogen-bond donors (Lipinski definition) is 1. The van der Waals surface area contributed by atoms with Gasteiger partial charge in [0.05, 0.1) is 20.8 Å². The quantitative estimate of drug-likeness (QED) is 0.519. The molecule has 3 aromatic rings. The fourth-order valence-electron chi connectivity index (χ4n) is 3.69. The van der Waals surface area contributed by atoms with Gasteiger partial charge in [-0.2, -0.15) is 0 Å². The zero-order valence-corrected chi connectivity index (χ0v) is 18.0. The SMILES string of the molecule is COc1cccc(-c2cc(CNCCN3CCN(c4ncccn4)CC3)on2)c1OC. The Labute approximate surface area is 182 Å². The smallest absolute Gasteiger partial charge is 0.225 e. The highest BCUT2D eigenvalue weighted by molar-refractivity contribution is 5.71. The zero-order valence-electron chi connectivity index (χ0n) is 18.0. The van der Waals surface area contributed by atoms with Crippen LogP contribution in [0.1, 0.15) is 5.76 Å². The molecular weight excluding hydrogens is 396 g/mol. The van der Waals surface area contributed by atoms with E-state index in [1.165, 1.54) is 0 Å². The number of ether oxygens (including phenoxy) is 2. The van der Waals surface area contributed by atoms with Crippen LogP contribution in [0.5, 0.6) is 11.5 Å². The van der Waals surface area contributed by atoms with Gasteiger partial charge in [-0.25, -0.2) is 9.97 Å². The molecule has 1 aromatic carbocycles. The molecule has 164 valence electrons. The normalized spacial score (nSPS) is 14.6. The average molecular weight is 425 g/mol. The van der Waals surface area contributed by atoms with Crippen molar-refractivity contribution in [2.45, 2.75) is 6.54 Å². The molecule has 1 saturated heterocycles. The minimum Gasteiger partial charge on any atom is -0.493 e. The van der Waals surface area contributed by atoms with Gasteiger partial charge in [0.1, 0.15) is 5.69 Å². The summed E-state index contributed by atoms with van der Waals surface area (Å²) in [5.41, 5.74) is 1.57. The van der Waals surface area contributed by atoms with Crippen LogP contribution < -0.4 is 19.7 Å². The maximum absolute atomic E-state index is 5.50. The molecule has 3 heterocycles. The molecule has 1 fully saturated rings. The van der Waals surface area contributed by atoms with Crippen molar-refractivity contribution >= 4 is 5.95 Å². The summed E-state index contributed by atoms with van der Waals surface area (Å²) in [4.78, 5) is 13.3. The minimum atomic E-state index is 0.622. The Morgan fingerprint density at radius 3 is 2.58 bits per heavy atom. The standard InChI is InChI=1S/C22H28N6O3/c1-29-20-6-3-5-18(21(20)30-2)19-15-17(31-26-19)16-23-9-10-27-11-13-28(14-12-27)22-24-7-4-8-25-22/h3-8,15,23H,9-14,16H2,1-2H3. The van der Waals surface area contributed by atoms with E-state index in [-0.39, 0.29) is 0 Å². The summed E-state index contributed by atoms with van der Waals surface area (Å²) in [6, 6.07) is 9.49. The molecule has 0 spiro atoms. The fraction of sp³-hybridized carbons (Fsp3) is 0.409. The van der Waals surface area contributed by atoms with Gasteiger partial charge in [0.15, 0.2) is 17.3 Å². The molecule has 1 aliphatic heterocycles. The Balaban J connectivity index is 1.23. The predicted octanol–water partition coefficient (Wildman–Crippen LogP) is 2.06. The summed E-state index contributed by atoms with van der Waals surface area (Å²) in [5, 5.41) is 7.64. The lowest BCUT2D eigenvalue weighted by Crippen LogP contribution is -2.48. The molecule has 0 atom stereocenters. The van der Waals surface area contributed by atoms with Crippen molar-refractivity contribution in [2.75, 3.05) is 58.4 Å². The molecule has 0 saturated carbocycles. The number of piperazine rings is 1. The minimum absolute atomic E-state index is 0.622. The lowest BCUT2D eigenvalue weighted by atomic mass is 10.1. The van der Waals surface area contributed by atoms with Crippen molar-refractivity contribution in [3.63, 3.8) is 0 Å². The second kappa shape index (κ2) is 10.2. The number of nitrogens with zero attached hydrogens (tertiary/aromatic N) is 5.